The summed E-state index contributed by atoms with van der Waals surface area (Å²) in [6, 6.07) is 16.5. The SMILES string of the molecule is CCOc1ccc(/C(O)=C2\C(=O)C(=O)N(Cc3cccc(C(F)(F)F)c3)C2c2ccc(OC)cc2)cc1. The molecule has 1 heterocycles. The Morgan fingerprint density at radius 1 is 0.973 bits per heavy atom. The highest BCUT2D eigenvalue weighted by molar-refractivity contribution is 6.46. The van der Waals surface area contributed by atoms with Crippen LogP contribution in [0.1, 0.15) is 35.2 Å². The van der Waals surface area contributed by atoms with Crippen LogP contribution in [0, 0.1) is 0 Å². The molecule has 1 N–H and O–H groups in total. The molecule has 0 saturated carbocycles. The minimum absolute atomic E-state index is 0.161. The molecule has 0 bridgehead atoms. The van der Waals surface area contributed by atoms with Crippen molar-refractivity contribution in [1.29, 1.82) is 0 Å². The number of likely N-dealkylation sites (tertiary alicyclic amines) is 1. The molecule has 3 aromatic carbocycles. The molecular weight excluding hydrogens is 487 g/mol. The van der Waals surface area contributed by atoms with Gasteiger partial charge in [0.05, 0.1) is 30.9 Å². The Kier molecular flexibility index (Phi) is 7.24. The van der Waals surface area contributed by atoms with Gasteiger partial charge in [0.25, 0.3) is 11.7 Å². The number of carbonyl (C=O) groups excluding carboxylic acids is 2. The van der Waals surface area contributed by atoms with E-state index in [9.17, 15) is 27.9 Å². The number of aliphatic hydroxyl groups excluding tert-OH is 1. The van der Waals surface area contributed by atoms with E-state index >= 15 is 0 Å². The number of alkyl halides is 3. The van der Waals surface area contributed by atoms with Gasteiger partial charge in [-0.05, 0) is 66.6 Å². The number of rotatable bonds is 7. The number of hydrogen-bond donors (Lipinski definition) is 1. The Hall–Kier alpha value is -4.27. The lowest BCUT2D eigenvalue weighted by molar-refractivity contribution is -0.140. The lowest BCUT2D eigenvalue weighted by Crippen LogP contribution is -2.29. The van der Waals surface area contributed by atoms with E-state index in [0.717, 1.165) is 12.1 Å². The second kappa shape index (κ2) is 10.4. The maximum Gasteiger partial charge on any atom is 0.416 e. The molecule has 1 aliphatic heterocycles. The molecule has 0 aromatic heterocycles. The van der Waals surface area contributed by atoms with Crippen molar-refractivity contribution in [2.75, 3.05) is 13.7 Å². The van der Waals surface area contributed by atoms with Gasteiger partial charge in [-0.1, -0.05) is 24.3 Å². The number of halogens is 3. The van der Waals surface area contributed by atoms with Crippen molar-refractivity contribution in [3.8, 4) is 11.5 Å². The molecular formula is C28H24F3NO5. The van der Waals surface area contributed by atoms with Crippen molar-refractivity contribution in [1.82, 2.24) is 4.90 Å². The first-order valence-electron chi connectivity index (χ1n) is 11.5. The summed E-state index contributed by atoms with van der Waals surface area (Å²) in [5.74, 6) is -1.15. The summed E-state index contributed by atoms with van der Waals surface area (Å²) in [4.78, 5) is 27.5. The first kappa shape index (κ1) is 25.8. The molecule has 1 saturated heterocycles. The number of aliphatic hydroxyl groups is 1. The summed E-state index contributed by atoms with van der Waals surface area (Å²) < 4.78 is 50.4. The number of Topliss-reactive ketones (excluding diaryl/α,β-unsaturated/α-hetero) is 1. The highest BCUT2D eigenvalue weighted by Crippen LogP contribution is 2.41. The van der Waals surface area contributed by atoms with E-state index in [2.05, 4.69) is 0 Å². The Bertz CT molecular complexity index is 1330. The average molecular weight is 511 g/mol. The van der Waals surface area contributed by atoms with Gasteiger partial charge >= 0.3 is 6.18 Å². The van der Waals surface area contributed by atoms with E-state index in [0.29, 0.717) is 29.2 Å². The van der Waals surface area contributed by atoms with Crippen molar-refractivity contribution in [2.24, 2.45) is 0 Å². The number of carbonyl (C=O) groups is 2. The first-order valence-corrected chi connectivity index (χ1v) is 11.5. The topological polar surface area (TPSA) is 76.1 Å². The normalized spacial score (nSPS) is 17.2. The number of benzene rings is 3. The predicted molar refractivity (Wildman–Crippen MR) is 130 cm³/mol. The summed E-state index contributed by atoms with van der Waals surface area (Å²) in [6.45, 7) is 2.00. The molecule has 0 spiro atoms. The molecule has 37 heavy (non-hydrogen) atoms. The summed E-state index contributed by atoms with van der Waals surface area (Å²) in [7, 11) is 1.49. The monoisotopic (exact) mass is 511 g/mol. The molecule has 192 valence electrons. The summed E-state index contributed by atoms with van der Waals surface area (Å²) in [6.07, 6.45) is -4.56. The number of hydrogen-bond acceptors (Lipinski definition) is 5. The van der Waals surface area contributed by atoms with Crippen molar-refractivity contribution in [3.63, 3.8) is 0 Å². The molecule has 1 amide bonds. The lowest BCUT2D eigenvalue weighted by atomic mass is 9.95. The Balaban J connectivity index is 1.81. The van der Waals surface area contributed by atoms with Crippen molar-refractivity contribution in [3.05, 3.63) is 101 Å². The minimum Gasteiger partial charge on any atom is -0.507 e. The highest BCUT2D eigenvalue weighted by atomic mass is 19.4. The molecule has 1 unspecified atom stereocenters. The molecule has 3 aromatic rings. The largest absolute Gasteiger partial charge is 0.507 e. The van der Waals surface area contributed by atoms with Crippen LogP contribution in [0.4, 0.5) is 13.2 Å². The van der Waals surface area contributed by atoms with Crippen molar-refractivity contribution >= 4 is 17.4 Å². The highest BCUT2D eigenvalue weighted by Gasteiger charge is 2.46. The molecule has 0 aliphatic carbocycles. The summed E-state index contributed by atoms with van der Waals surface area (Å²) in [5, 5.41) is 11.2. The fourth-order valence-electron chi connectivity index (χ4n) is 4.25. The van der Waals surface area contributed by atoms with Crippen molar-refractivity contribution in [2.45, 2.75) is 25.7 Å². The van der Waals surface area contributed by atoms with Gasteiger partial charge in [0.2, 0.25) is 0 Å². The zero-order valence-corrected chi connectivity index (χ0v) is 20.1. The maximum absolute atomic E-state index is 13.3. The van der Waals surface area contributed by atoms with Gasteiger partial charge in [-0.2, -0.15) is 13.2 Å². The molecule has 1 aliphatic rings. The number of ketones is 1. The van der Waals surface area contributed by atoms with Crippen LogP contribution in [0.25, 0.3) is 5.76 Å². The van der Waals surface area contributed by atoms with E-state index in [-0.39, 0.29) is 17.7 Å². The zero-order valence-electron chi connectivity index (χ0n) is 20.1. The second-order valence-electron chi connectivity index (χ2n) is 8.36. The van der Waals surface area contributed by atoms with Crippen LogP contribution in [-0.4, -0.2) is 35.4 Å². The molecule has 1 fully saturated rings. The molecule has 4 rings (SSSR count). The number of nitrogens with zero attached hydrogens (tertiary/aromatic N) is 1. The van der Waals surface area contributed by atoms with Gasteiger partial charge in [0.1, 0.15) is 17.3 Å². The van der Waals surface area contributed by atoms with Crippen LogP contribution in [0.5, 0.6) is 11.5 Å². The molecule has 6 nitrogen and oxygen atoms in total. The third kappa shape index (κ3) is 5.30. The van der Waals surface area contributed by atoms with Crippen LogP contribution in [-0.2, 0) is 22.3 Å². The molecule has 1 atom stereocenters. The van der Waals surface area contributed by atoms with Gasteiger partial charge < -0.3 is 19.5 Å². The Morgan fingerprint density at radius 3 is 2.22 bits per heavy atom. The lowest BCUT2D eigenvalue weighted by Gasteiger charge is -2.26. The fourth-order valence-corrected chi connectivity index (χ4v) is 4.25. The number of ether oxygens (including phenoxy) is 2. The van der Waals surface area contributed by atoms with Gasteiger partial charge in [0.15, 0.2) is 0 Å². The second-order valence-corrected chi connectivity index (χ2v) is 8.36. The van der Waals surface area contributed by atoms with Crippen molar-refractivity contribution < 1.29 is 37.3 Å². The quantitative estimate of drug-likeness (QED) is 0.249. The average Bonchev–Trinajstić information content (AvgIpc) is 3.13. The first-order chi connectivity index (χ1) is 17.6. The predicted octanol–water partition coefficient (Wildman–Crippen LogP) is 5.73. The van der Waals surface area contributed by atoms with Crippen LogP contribution < -0.4 is 9.47 Å². The van der Waals surface area contributed by atoms with E-state index in [1.807, 2.05) is 6.92 Å². The third-order valence-electron chi connectivity index (χ3n) is 6.02. The fraction of sp³-hybridized carbons (Fsp3) is 0.214. The van der Waals surface area contributed by atoms with Crippen LogP contribution in [0.15, 0.2) is 78.4 Å². The number of methoxy groups -OCH3 is 1. The molecule has 9 heteroatoms. The van der Waals surface area contributed by atoms with Crippen LogP contribution >= 0.6 is 0 Å². The van der Waals surface area contributed by atoms with Gasteiger partial charge in [0, 0.05) is 12.1 Å². The van der Waals surface area contributed by atoms with Gasteiger partial charge in [-0.25, -0.2) is 0 Å². The van der Waals surface area contributed by atoms with E-state index in [1.54, 1.807) is 48.5 Å². The van der Waals surface area contributed by atoms with Crippen LogP contribution in [0.3, 0.4) is 0 Å². The van der Waals surface area contributed by atoms with Gasteiger partial charge in [-0.3, -0.25) is 9.59 Å². The van der Waals surface area contributed by atoms with E-state index in [4.69, 9.17) is 9.47 Å². The Labute approximate surface area is 211 Å². The standard InChI is InChI=1S/C28H24F3NO5/c1-3-37-22-13-9-19(10-14-22)25(33)23-24(18-7-11-21(36-2)12-8-18)32(27(35)26(23)34)16-17-5-4-6-20(15-17)28(29,30)31/h4-15,24,33H,3,16H2,1-2H3/b25-23+. The number of amides is 1. The van der Waals surface area contributed by atoms with Crippen LogP contribution in [0.2, 0.25) is 0 Å². The maximum atomic E-state index is 13.3. The van der Waals surface area contributed by atoms with Gasteiger partial charge in [-0.15, -0.1) is 0 Å². The summed E-state index contributed by atoms with van der Waals surface area (Å²) in [5.41, 5.74) is -0.0573. The minimum atomic E-state index is -4.56. The van der Waals surface area contributed by atoms with E-state index < -0.39 is 35.2 Å². The zero-order chi connectivity index (χ0) is 26.7. The Morgan fingerprint density at radius 2 is 1.62 bits per heavy atom. The third-order valence-corrected chi connectivity index (χ3v) is 6.02. The molecule has 0 radical (unpaired) electrons. The van der Waals surface area contributed by atoms with E-state index in [1.165, 1.54) is 24.1 Å². The summed E-state index contributed by atoms with van der Waals surface area (Å²) >= 11 is 0. The smallest absolute Gasteiger partial charge is 0.416 e.